The topological polar surface area (TPSA) is 83.5 Å². The average Bonchev–Trinajstić information content (AvgIpc) is 2.79. The highest BCUT2D eigenvalue weighted by Gasteiger charge is 2.47. The zero-order valence-corrected chi connectivity index (χ0v) is 10.5. The number of cyclic esters (lactones) is 1. The van der Waals surface area contributed by atoms with Crippen LogP contribution in [0, 0.1) is 0 Å². The van der Waals surface area contributed by atoms with Crippen LogP contribution >= 0.6 is 0 Å². The summed E-state index contributed by atoms with van der Waals surface area (Å²) in [6.45, 7) is 3.66. The summed E-state index contributed by atoms with van der Waals surface area (Å²) in [6.07, 6.45) is -1.32. The molecule has 1 fully saturated rings. The van der Waals surface area contributed by atoms with Gasteiger partial charge in [0.25, 0.3) is 0 Å². The van der Waals surface area contributed by atoms with Gasteiger partial charge in [-0.3, -0.25) is 0 Å². The summed E-state index contributed by atoms with van der Waals surface area (Å²) in [7, 11) is 1.43. The molecule has 7 heteroatoms. The quantitative estimate of drug-likeness (QED) is 0.580. The highest BCUT2D eigenvalue weighted by molar-refractivity contribution is 5.89. The molecular formula is C11H16O7. The Labute approximate surface area is 104 Å². The van der Waals surface area contributed by atoms with Gasteiger partial charge in [-0.25, -0.2) is 4.79 Å². The highest BCUT2D eigenvalue weighted by Crippen LogP contribution is 2.32. The molecule has 0 aliphatic carbocycles. The van der Waals surface area contributed by atoms with Crippen molar-refractivity contribution in [2.24, 2.45) is 0 Å². The Morgan fingerprint density at radius 1 is 1.50 bits per heavy atom. The minimum Gasteiger partial charge on any atom is -0.499 e. The van der Waals surface area contributed by atoms with E-state index in [1.165, 1.54) is 7.11 Å². The van der Waals surface area contributed by atoms with E-state index >= 15 is 0 Å². The first-order valence-electron chi connectivity index (χ1n) is 5.52. The number of rotatable bonds is 4. The lowest BCUT2D eigenvalue weighted by atomic mass is 10.2. The third-order valence-electron chi connectivity index (χ3n) is 2.62. The molecule has 0 radical (unpaired) electrons. The van der Waals surface area contributed by atoms with Crippen LogP contribution in [-0.4, -0.2) is 49.6 Å². The maximum Gasteiger partial charge on any atom is 0.378 e. The normalized spacial score (nSPS) is 30.7. The van der Waals surface area contributed by atoms with Gasteiger partial charge in [-0.1, -0.05) is 0 Å². The molecule has 0 amide bonds. The maximum atomic E-state index is 11.3. The Morgan fingerprint density at radius 3 is 2.78 bits per heavy atom. The van der Waals surface area contributed by atoms with Gasteiger partial charge in [-0.2, -0.15) is 0 Å². The van der Waals surface area contributed by atoms with E-state index in [4.69, 9.17) is 23.7 Å². The molecule has 2 atom stereocenters. The zero-order chi connectivity index (χ0) is 13.3. The smallest absolute Gasteiger partial charge is 0.378 e. The summed E-state index contributed by atoms with van der Waals surface area (Å²) < 4.78 is 25.9. The number of aliphatic hydroxyl groups is 1. The van der Waals surface area contributed by atoms with Crippen molar-refractivity contribution in [1.29, 1.82) is 0 Å². The van der Waals surface area contributed by atoms with Crippen LogP contribution in [0.5, 0.6) is 0 Å². The van der Waals surface area contributed by atoms with E-state index in [1.54, 1.807) is 13.8 Å². The largest absolute Gasteiger partial charge is 0.499 e. The van der Waals surface area contributed by atoms with Crippen molar-refractivity contribution >= 4 is 5.97 Å². The lowest BCUT2D eigenvalue weighted by molar-refractivity contribution is -0.164. The minimum absolute atomic E-state index is 0.0214. The Morgan fingerprint density at radius 2 is 2.22 bits per heavy atom. The van der Waals surface area contributed by atoms with Gasteiger partial charge in [-0.05, 0) is 13.8 Å². The van der Waals surface area contributed by atoms with E-state index in [9.17, 15) is 9.90 Å². The van der Waals surface area contributed by atoms with Crippen molar-refractivity contribution in [3.8, 4) is 0 Å². The number of carbonyl (C=O) groups excluding carboxylic acids is 1. The molecule has 2 unspecified atom stereocenters. The zero-order valence-electron chi connectivity index (χ0n) is 10.5. The predicted molar refractivity (Wildman–Crippen MR) is 57.4 cm³/mol. The summed E-state index contributed by atoms with van der Waals surface area (Å²) >= 11 is 0. The maximum absolute atomic E-state index is 11.3. The third-order valence-corrected chi connectivity index (χ3v) is 2.62. The summed E-state index contributed by atoms with van der Waals surface area (Å²) in [5.41, 5.74) is 0. The van der Waals surface area contributed by atoms with Crippen LogP contribution in [0.4, 0.5) is 0 Å². The van der Waals surface area contributed by atoms with Crippen LogP contribution in [0.15, 0.2) is 11.5 Å². The summed E-state index contributed by atoms with van der Waals surface area (Å²) in [5.74, 6) is -2.11. The molecule has 2 heterocycles. The number of esters is 1. The van der Waals surface area contributed by atoms with Crippen LogP contribution in [0.3, 0.4) is 0 Å². The number of methoxy groups -OCH3 is 1. The van der Waals surface area contributed by atoms with E-state index in [-0.39, 0.29) is 19.2 Å². The molecule has 1 N–H and O–H groups in total. The second-order valence-electron chi connectivity index (χ2n) is 4.46. The van der Waals surface area contributed by atoms with Gasteiger partial charge in [0.05, 0.1) is 6.61 Å². The molecule has 102 valence electrons. The third kappa shape index (κ3) is 2.43. The van der Waals surface area contributed by atoms with Gasteiger partial charge in [0.2, 0.25) is 5.76 Å². The Balaban J connectivity index is 2.11. The van der Waals surface area contributed by atoms with Crippen molar-refractivity contribution in [1.82, 2.24) is 0 Å². The van der Waals surface area contributed by atoms with E-state index in [1.807, 2.05) is 0 Å². The van der Waals surface area contributed by atoms with E-state index < -0.39 is 29.7 Å². The van der Waals surface area contributed by atoms with Crippen molar-refractivity contribution in [3.05, 3.63) is 11.5 Å². The number of carbonyl (C=O) groups is 1. The molecule has 0 saturated carbocycles. The molecule has 0 aromatic rings. The molecule has 18 heavy (non-hydrogen) atoms. The van der Waals surface area contributed by atoms with Gasteiger partial charge in [0.15, 0.2) is 24.4 Å². The van der Waals surface area contributed by atoms with Gasteiger partial charge in [-0.15, -0.1) is 0 Å². The van der Waals surface area contributed by atoms with Crippen LogP contribution in [0.2, 0.25) is 0 Å². The fourth-order valence-corrected chi connectivity index (χ4v) is 1.84. The Kier molecular flexibility index (Phi) is 3.47. The van der Waals surface area contributed by atoms with Gasteiger partial charge < -0.3 is 28.8 Å². The first-order valence-corrected chi connectivity index (χ1v) is 5.52. The SMILES string of the molecule is COCOC1=C(O)C(=O)OC1C1COC(C)(C)O1. The van der Waals surface area contributed by atoms with Crippen molar-refractivity contribution in [3.63, 3.8) is 0 Å². The number of ether oxygens (including phenoxy) is 5. The van der Waals surface area contributed by atoms with Crippen molar-refractivity contribution in [2.75, 3.05) is 20.5 Å². The predicted octanol–water partition coefficient (Wildman–Crippen LogP) is 0.453. The molecule has 0 aromatic heterocycles. The lowest BCUT2D eigenvalue weighted by Gasteiger charge is -2.21. The summed E-state index contributed by atoms with van der Waals surface area (Å²) in [6, 6.07) is 0. The second-order valence-corrected chi connectivity index (χ2v) is 4.46. The molecule has 2 aliphatic heterocycles. The van der Waals surface area contributed by atoms with Crippen LogP contribution in [0.25, 0.3) is 0 Å². The van der Waals surface area contributed by atoms with Gasteiger partial charge >= 0.3 is 5.97 Å². The number of aliphatic hydroxyl groups excluding tert-OH is 1. The molecule has 1 saturated heterocycles. The van der Waals surface area contributed by atoms with Crippen molar-refractivity contribution in [2.45, 2.75) is 31.8 Å². The Hall–Kier alpha value is -1.31. The number of hydrogen-bond acceptors (Lipinski definition) is 7. The van der Waals surface area contributed by atoms with Crippen LogP contribution < -0.4 is 0 Å². The molecule has 0 aromatic carbocycles. The first-order chi connectivity index (χ1) is 8.44. The Bertz CT molecular complexity index is 374. The fourth-order valence-electron chi connectivity index (χ4n) is 1.84. The molecule has 2 aliphatic rings. The van der Waals surface area contributed by atoms with E-state index in [0.29, 0.717) is 0 Å². The van der Waals surface area contributed by atoms with Crippen molar-refractivity contribution < 1.29 is 33.6 Å². The van der Waals surface area contributed by atoms with Crippen LogP contribution in [-0.2, 0) is 28.5 Å². The lowest BCUT2D eigenvalue weighted by Crippen LogP contribution is -2.33. The minimum atomic E-state index is -0.834. The molecule has 0 bridgehead atoms. The first kappa shape index (κ1) is 13.1. The monoisotopic (exact) mass is 260 g/mol. The average molecular weight is 260 g/mol. The fraction of sp³-hybridized carbons (Fsp3) is 0.727. The van der Waals surface area contributed by atoms with E-state index in [0.717, 1.165) is 0 Å². The molecule has 0 spiro atoms. The molecule has 7 nitrogen and oxygen atoms in total. The molecular weight excluding hydrogens is 244 g/mol. The number of hydrogen-bond donors (Lipinski definition) is 1. The summed E-state index contributed by atoms with van der Waals surface area (Å²) in [4.78, 5) is 11.3. The van der Waals surface area contributed by atoms with Gasteiger partial charge in [0, 0.05) is 7.11 Å². The summed E-state index contributed by atoms with van der Waals surface area (Å²) in [5, 5.41) is 9.57. The standard InChI is InChI=1S/C11H16O7/c1-11(2)16-4-6(18-11)8-9(15-5-14-3)7(12)10(13)17-8/h6,8,12H,4-5H2,1-3H3. The van der Waals surface area contributed by atoms with Gasteiger partial charge in [0.1, 0.15) is 6.10 Å². The molecule has 2 rings (SSSR count). The van der Waals surface area contributed by atoms with Crippen LogP contribution in [0.1, 0.15) is 13.8 Å². The highest BCUT2D eigenvalue weighted by atomic mass is 16.8. The second kappa shape index (κ2) is 4.75. The van der Waals surface area contributed by atoms with E-state index in [2.05, 4.69) is 0 Å².